The predicted molar refractivity (Wildman–Crippen MR) is 85.0 cm³/mol. The Morgan fingerprint density at radius 1 is 1.30 bits per heavy atom. The molecule has 0 radical (unpaired) electrons. The van der Waals surface area contributed by atoms with Crippen LogP contribution in [0.3, 0.4) is 0 Å². The van der Waals surface area contributed by atoms with Gasteiger partial charge >= 0.3 is 0 Å². The van der Waals surface area contributed by atoms with Crippen molar-refractivity contribution in [3.63, 3.8) is 0 Å². The number of hydrogen-bond acceptors (Lipinski definition) is 2. The Morgan fingerprint density at radius 2 is 2.05 bits per heavy atom. The van der Waals surface area contributed by atoms with Gasteiger partial charge in [0.15, 0.2) is 0 Å². The number of rotatable bonds is 5. The largest absolute Gasteiger partial charge is 0.388 e. The lowest BCUT2D eigenvalue weighted by Gasteiger charge is -2.37. The Balaban J connectivity index is 2.26. The minimum absolute atomic E-state index is 0.261. The van der Waals surface area contributed by atoms with Gasteiger partial charge < -0.3 is 5.73 Å². The van der Waals surface area contributed by atoms with Gasteiger partial charge in [-0.2, -0.15) is 0 Å². The minimum Gasteiger partial charge on any atom is -0.388 e. The number of benzene rings is 1. The summed E-state index contributed by atoms with van der Waals surface area (Å²) < 4.78 is 0. The summed E-state index contributed by atoms with van der Waals surface area (Å²) in [7, 11) is 0. The molecule has 1 aliphatic heterocycles. The van der Waals surface area contributed by atoms with Crippen LogP contribution in [-0.2, 0) is 0 Å². The van der Waals surface area contributed by atoms with Crippen LogP contribution in [0.5, 0.6) is 0 Å². The van der Waals surface area contributed by atoms with Crippen LogP contribution in [0, 0.1) is 5.41 Å². The standard InChI is InChI=1S/C17H27N3/c1-2-15-11-7-4-8-12-20(15)16(13-17(18)19)14-9-5-3-6-10-14/h3,5-6,9-10,15-16H,2,4,7-8,11-13H2,1H3,(H3,18,19). The van der Waals surface area contributed by atoms with E-state index in [2.05, 4.69) is 36.1 Å². The van der Waals surface area contributed by atoms with Crippen LogP contribution in [0.4, 0.5) is 0 Å². The third-order valence-electron chi connectivity index (χ3n) is 4.39. The molecule has 0 amide bonds. The highest BCUT2D eigenvalue weighted by Gasteiger charge is 2.28. The highest BCUT2D eigenvalue weighted by Crippen LogP contribution is 2.31. The first-order chi connectivity index (χ1) is 9.72. The quantitative estimate of drug-likeness (QED) is 0.634. The maximum absolute atomic E-state index is 7.72. The summed E-state index contributed by atoms with van der Waals surface area (Å²) in [5, 5.41) is 7.72. The predicted octanol–water partition coefficient (Wildman–Crippen LogP) is 3.71. The zero-order valence-corrected chi connectivity index (χ0v) is 12.5. The molecule has 0 saturated carbocycles. The Kier molecular flexibility index (Phi) is 5.60. The van der Waals surface area contributed by atoms with Crippen molar-refractivity contribution in [3.8, 4) is 0 Å². The number of hydrogen-bond donors (Lipinski definition) is 2. The molecule has 0 aromatic heterocycles. The van der Waals surface area contributed by atoms with E-state index in [0.29, 0.717) is 12.5 Å². The topological polar surface area (TPSA) is 53.1 Å². The second-order valence-electron chi connectivity index (χ2n) is 5.81. The van der Waals surface area contributed by atoms with Crippen LogP contribution >= 0.6 is 0 Å². The molecule has 0 aliphatic carbocycles. The van der Waals surface area contributed by atoms with Crippen LogP contribution in [-0.4, -0.2) is 23.3 Å². The summed E-state index contributed by atoms with van der Waals surface area (Å²) in [4.78, 5) is 2.60. The summed E-state index contributed by atoms with van der Waals surface area (Å²) in [5.74, 6) is 0.290. The molecule has 0 spiro atoms. The van der Waals surface area contributed by atoms with Gasteiger partial charge in [-0.05, 0) is 31.4 Å². The van der Waals surface area contributed by atoms with E-state index >= 15 is 0 Å². The van der Waals surface area contributed by atoms with E-state index in [1.54, 1.807) is 0 Å². The van der Waals surface area contributed by atoms with Crippen LogP contribution < -0.4 is 5.73 Å². The first-order valence-corrected chi connectivity index (χ1v) is 7.86. The molecule has 1 fully saturated rings. The van der Waals surface area contributed by atoms with Crippen molar-refractivity contribution >= 4 is 5.84 Å². The highest BCUT2D eigenvalue weighted by atomic mass is 15.2. The number of nitrogens with one attached hydrogen (secondary N) is 1. The summed E-state index contributed by atoms with van der Waals surface area (Å²) in [5.41, 5.74) is 7.01. The molecule has 0 bridgehead atoms. The fourth-order valence-corrected chi connectivity index (χ4v) is 3.36. The maximum atomic E-state index is 7.72. The summed E-state index contributed by atoms with van der Waals surface area (Å²) in [6.07, 6.45) is 7.02. The Hall–Kier alpha value is -1.35. The van der Waals surface area contributed by atoms with Crippen LogP contribution in [0.15, 0.2) is 30.3 Å². The third-order valence-corrected chi connectivity index (χ3v) is 4.39. The van der Waals surface area contributed by atoms with E-state index < -0.39 is 0 Å². The van der Waals surface area contributed by atoms with E-state index in [-0.39, 0.29) is 11.9 Å². The van der Waals surface area contributed by atoms with E-state index in [1.807, 2.05) is 6.07 Å². The number of likely N-dealkylation sites (tertiary alicyclic amines) is 1. The second kappa shape index (κ2) is 7.44. The first-order valence-electron chi connectivity index (χ1n) is 7.86. The SMILES string of the molecule is CCC1CCCCCN1C(CC(=N)N)c1ccccc1. The molecule has 1 heterocycles. The van der Waals surface area contributed by atoms with Gasteiger partial charge in [-0.25, -0.2) is 0 Å². The zero-order chi connectivity index (χ0) is 14.4. The average Bonchev–Trinajstić information content (AvgIpc) is 2.70. The molecule has 3 nitrogen and oxygen atoms in total. The lowest BCUT2D eigenvalue weighted by molar-refractivity contribution is 0.135. The molecule has 1 aliphatic rings. The van der Waals surface area contributed by atoms with Gasteiger partial charge in [0.2, 0.25) is 0 Å². The smallest absolute Gasteiger partial charge is 0.0924 e. The Bertz CT molecular complexity index is 416. The Labute approximate surface area is 122 Å². The molecule has 110 valence electrons. The van der Waals surface area contributed by atoms with Crippen molar-refractivity contribution in [3.05, 3.63) is 35.9 Å². The third kappa shape index (κ3) is 3.83. The molecule has 2 unspecified atom stereocenters. The van der Waals surface area contributed by atoms with Crippen LogP contribution in [0.2, 0.25) is 0 Å². The summed E-state index contributed by atoms with van der Waals surface area (Å²) >= 11 is 0. The highest BCUT2D eigenvalue weighted by molar-refractivity contribution is 5.77. The molecule has 2 rings (SSSR count). The molecule has 2 atom stereocenters. The molecule has 3 N–H and O–H groups in total. The van der Waals surface area contributed by atoms with Gasteiger partial charge in [0.05, 0.1) is 5.84 Å². The minimum atomic E-state index is 0.261. The van der Waals surface area contributed by atoms with Crippen molar-refractivity contribution in [1.29, 1.82) is 5.41 Å². The van der Waals surface area contributed by atoms with Gasteiger partial charge in [0.25, 0.3) is 0 Å². The lowest BCUT2D eigenvalue weighted by atomic mass is 9.97. The average molecular weight is 273 g/mol. The van der Waals surface area contributed by atoms with E-state index in [9.17, 15) is 0 Å². The van der Waals surface area contributed by atoms with Gasteiger partial charge in [-0.15, -0.1) is 0 Å². The van der Waals surface area contributed by atoms with Crippen LogP contribution in [0.25, 0.3) is 0 Å². The molecular weight excluding hydrogens is 246 g/mol. The fourth-order valence-electron chi connectivity index (χ4n) is 3.36. The maximum Gasteiger partial charge on any atom is 0.0924 e. The summed E-state index contributed by atoms with van der Waals surface area (Å²) in [6.45, 7) is 3.41. The molecule has 1 aromatic carbocycles. The second-order valence-corrected chi connectivity index (χ2v) is 5.81. The van der Waals surface area contributed by atoms with Crippen molar-refractivity contribution in [1.82, 2.24) is 4.90 Å². The Morgan fingerprint density at radius 3 is 2.70 bits per heavy atom. The molecule has 3 heteroatoms. The fraction of sp³-hybridized carbons (Fsp3) is 0.588. The normalized spacial score (nSPS) is 22.1. The van der Waals surface area contributed by atoms with Crippen LogP contribution in [0.1, 0.15) is 57.1 Å². The molecule has 1 aromatic rings. The van der Waals surface area contributed by atoms with E-state index in [1.165, 1.54) is 37.7 Å². The molecular formula is C17H27N3. The molecule has 20 heavy (non-hydrogen) atoms. The zero-order valence-electron chi connectivity index (χ0n) is 12.5. The monoisotopic (exact) mass is 273 g/mol. The van der Waals surface area contributed by atoms with Gasteiger partial charge in [-0.3, -0.25) is 10.3 Å². The lowest BCUT2D eigenvalue weighted by Crippen LogP contribution is -2.39. The van der Waals surface area contributed by atoms with Crippen molar-refractivity contribution in [2.24, 2.45) is 5.73 Å². The van der Waals surface area contributed by atoms with E-state index in [4.69, 9.17) is 11.1 Å². The number of nitrogens with two attached hydrogens (primary N) is 1. The van der Waals surface area contributed by atoms with Crippen molar-refractivity contribution in [2.75, 3.05) is 6.54 Å². The van der Waals surface area contributed by atoms with Crippen molar-refractivity contribution in [2.45, 2.75) is 57.5 Å². The molecule has 1 saturated heterocycles. The van der Waals surface area contributed by atoms with Gasteiger partial charge in [0, 0.05) is 18.5 Å². The number of nitrogens with zero attached hydrogens (tertiary/aromatic N) is 1. The summed E-state index contributed by atoms with van der Waals surface area (Å²) in [6, 6.07) is 11.5. The first kappa shape index (κ1) is 15.0. The van der Waals surface area contributed by atoms with Crippen molar-refractivity contribution < 1.29 is 0 Å². The van der Waals surface area contributed by atoms with Gasteiger partial charge in [-0.1, -0.05) is 50.1 Å². The van der Waals surface area contributed by atoms with Gasteiger partial charge in [0.1, 0.15) is 0 Å². The van der Waals surface area contributed by atoms with E-state index in [0.717, 1.165) is 6.54 Å². The number of amidine groups is 1.